The number of hydrogen-bond donors (Lipinski definition) is 2. The lowest BCUT2D eigenvalue weighted by atomic mass is 10.1. The summed E-state index contributed by atoms with van der Waals surface area (Å²) in [6.07, 6.45) is 1.72. The minimum atomic E-state index is 0.471. The Kier molecular flexibility index (Phi) is 7.08. The van der Waals surface area contributed by atoms with E-state index in [9.17, 15) is 0 Å². The maximum Gasteiger partial charge on any atom is 0.191 e. The van der Waals surface area contributed by atoms with Crippen LogP contribution in [-0.2, 0) is 13.1 Å². The molecule has 0 heterocycles. The lowest BCUT2D eigenvalue weighted by molar-refractivity contribution is 0.358. The molecule has 25 heavy (non-hydrogen) atoms. The lowest BCUT2D eigenvalue weighted by Crippen LogP contribution is -2.36. The minimum Gasteiger partial charge on any atom is -0.489 e. The number of benzene rings is 2. The van der Waals surface area contributed by atoms with E-state index in [1.165, 1.54) is 0 Å². The predicted molar refractivity (Wildman–Crippen MR) is 100 cm³/mol. The van der Waals surface area contributed by atoms with Crippen LogP contribution in [0.4, 0.5) is 0 Å². The van der Waals surface area contributed by atoms with Crippen molar-refractivity contribution >= 4 is 5.96 Å². The van der Waals surface area contributed by atoms with E-state index in [1.54, 1.807) is 19.2 Å². The van der Waals surface area contributed by atoms with Gasteiger partial charge in [0.2, 0.25) is 0 Å². The zero-order chi connectivity index (χ0) is 17.9. The molecule has 2 N–H and O–H groups in total. The van der Waals surface area contributed by atoms with Crippen molar-refractivity contribution in [3.63, 3.8) is 0 Å². The first-order valence-corrected chi connectivity index (χ1v) is 8.02. The largest absolute Gasteiger partial charge is 0.489 e. The molecule has 0 aliphatic carbocycles. The fourth-order valence-corrected chi connectivity index (χ4v) is 2.28. The molecule has 0 aliphatic rings. The molecule has 5 heteroatoms. The number of nitriles is 1. The number of rotatable bonds is 7. The average Bonchev–Trinajstić information content (AvgIpc) is 2.67. The maximum atomic E-state index is 8.96. The lowest BCUT2D eigenvalue weighted by Gasteiger charge is -2.14. The molecular formula is C20H22N4O. The van der Waals surface area contributed by atoms with Crippen molar-refractivity contribution in [2.75, 3.05) is 13.7 Å². The summed E-state index contributed by atoms with van der Waals surface area (Å²) in [7, 11) is 1.72. The molecule has 0 saturated heterocycles. The summed E-state index contributed by atoms with van der Waals surface area (Å²) in [6.45, 7) is 5.32. The van der Waals surface area contributed by atoms with E-state index in [2.05, 4.69) is 28.3 Å². The molecule has 0 saturated carbocycles. The van der Waals surface area contributed by atoms with Gasteiger partial charge in [-0.15, -0.1) is 0 Å². The van der Waals surface area contributed by atoms with Crippen molar-refractivity contribution in [3.8, 4) is 11.8 Å². The number of para-hydroxylation sites is 1. The van der Waals surface area contributed by atoms with E-state index in [4.69, 9.17) is 10.00 Å². The Labute approximate surface area is 148 Å². The molecule has 0 amide bonds. The van der Waals surface area contributed by atoms with Gasteiger partial charge in [0.05, 0.1) is 11.6 Å². The highest BCUT2D eigenvalue weighted by Crippen LogP contribution is 2.17. The van der Waals surface area contributed by atoms with Gasteiger partial charge in [-0.1, -0.05) is 43.0 Å². The van der Waals surface area contributed by atoms with Crippen molar-refractivity contribution < 1.29 is 4.74 Å². The zero-order valence-electron chi connectivity index (χ0n) is 14.3. The third-order valence-corrected chi connectivity index (χ3v) is 3.52. The summed E-state index contributed by atoms with van der Waals surface area (Å²) in [4.78, 5) is 4.23. The van der Waals surface area contributed by atoms with Crippen LogP contribution in [0.15, 0.2) is 66.2 Å². The van der Waals surface area contributed by atoms with Gasteiger partial charge in [0, 0.05) is 25.7 Å². The van der Waals surface area contributed by atoms with Crippen LogP contribution in [0.3, 0.4) is 0 Å². The number of nitrogens with one attached hydrogen (secondary N) is 2. The van der Waals surface area contributed by atoms with Gasteiger partial charge in [0.25, 0.3) is 0 Å². The molecule has 0 spiro atoms. The van der Waals surface area contributed by atoms with E-state index in [1.807, 2.05) is 42.5 Å². The molecule has 0 bridgehead atoms. The molecule has 0 fully saturated rings. The molecule has 0 unspecified atom stereocenters. The summed E-state index contributed by atoms with van der Waals surface area (Å²) in [6, 6.07) is 17.5. The van der Waals surface area contributed by atoms with Crippen LogP contribution in [0.25, 0.3) is 0 Å². The van der Waals surface area contributed by atoms with Crippen LogP contribution in [0.2, 0.25) is 0 Å². The number of aliphatic imine (C=N–C) groups is 1. The van der Waals surface area contributed by atoms with Crippen molar-refractivity contribution in [1.29, 1.82) is 5.26 Å². The van der Waals surface area contributed by atoms with Crippen molar-refractivity contribution in [2.45, 2.75) is 13.1 Å². The summed E-state index contributed by atoms with van der Waals surface area (Å²) in [5.74, 6) is 1.51. The second-order valence-electron chi connectivity index (χ2n) is 5.30. The predicted octanol–water partition coefficient (Wildman–Crippen LogP) is 2.99. The van der Waals surface area contributed by atoms with Gasteiger partial charge in [-0.25, -0.2) is 0 Å². The second-order valence-corrected chi connectivity index (χ2v) is 5.30. The van der Waals surface area contributed by atoms with E-state index in [-0.39, 0.29) is 0 Å². The summed E-state index contributed by atoms with van der Waals surface area (Å²) in [5, 5.41) is 15.5. The quantitative estimate of drug-likeness (QED) is 0.464. The summed E-state index contributed by atoms with van der Waals surface area (Å²) >= 11 is 0. The maximum absolute atomic E-state index is 8.96. The Morgan fingerprint density at radius 2 is 2.00 bits per heavy atom. The smallest absolute Gasteiger partial charge is 0.191 e. The first-order valence-electron chi connectivity index (χ1n) is 8.02. The second kappa shape index (κ2) is 9.78. The highest BCUT2D eigenvalue weighted by molar-refractivity contribution is 5.79. The molecule has 2 rings (SSSR count). The summed E-state index contributed by atoms with van der Waals surface area (Å²) in [5.41, 5.74) is 2.71. The van der Waals surface area contributed by atoms with Gasteiger partial charge in [-0.05, 0) is 23.8 Å². The van der Waals surface area contributed by atoms with Crippen LogP contribution in [0.5, 0.6) is 5.75 Å². The van der Waals surface area contributed by atoms with Gasteiger partial charge < -0.3 is 15.4 Å². The van der Waals surface area contributed by atoms with Gasteiger partial charge in [-0.2, -0.15) is 5.26 Å². The first-order chi connectivity index (χ1) is 12.3. The molecule has 0 atom stereocenters. The molecule has 0 aliphatic heterocycles. The van der Waals surface area contributed by atoms with Crippen molar-refractivity contribution in [1.82, 2.24) is 10.6 Å². The van der Waals surface area contributed by atoms with Crippen LogP contribution in [0, 0.1) is 11.3 Å². The highest BCUT2D eigenvalue weighted by Gasteiger charge is 2.04. The third kappa shape index (κ3) is 5.70. The number of guanidine groups is 1. The monoisotopic (exact) mass is 334 g/mol. The van der Waals surface area contributed by atoms with Crippen LogP contribution >= 0.6 is 0 Å². The van der Waals surface area contributed by atoms with E-state index >= 15 is 0 Å². The minimum absolute atomic E-state index is 0.471. The zero-order valence-corrected chi connectivity index (χ0v) is 14.3. The molecule has 0 aromatic heterocycles. The number of nitrogens with zero attached hydrogens (tertiary/aromatic N) is 2. The first kappa shape index (κ1) is 18.1. The van der Waals surface area contributed by atoms with E-state index in [0.29, 0.717) is 31.2 Å². The molecule has 2 aromatic carbocycles. The Balaban J connectivity index is 1.92. The SMILES string of the molecule is C=CCOc1ccccc1CNC(=NC)NCc1cccc(C#N)c1. The highest BCUT2D eigenvalue weighted by atomic mass is 16.5. The Morgan fingerprint density at radius 3 is 2.76 bits per heavy atom. The number of ether oxygens (including phenoxy) is 1. The molecule has 5 nitrogen and oxygen atoms in total. The van der Waals surface area contributed by atoms with Crippen LogP contribution < -0.4 is 15.4 Å². The molecule has 0 radical (unpaired) electrons. The fourth-order valence-electron chi connectivity index (χ4n) is 2.28. The average molecular weight is 334 g/mol. The van der Waals surface area contributed by atoms with Gasteiger partial charge >= 0.3 is 0 Å². The molecule has 2 aromatic rings. The molecular weight excluding hydrogens is 312 g/mol. The summed E-state index contributed by atoms with van der Waals surface area (Å²) < 4.78 is 5.66. The Bertz CT molecular complexity index is 777. The van der Waals surface area contributed by atoms with Gasteiger partial charge in [0.15, 0.2) is 5.96 Å². The van der Waals surface area contributed by atoms with Crippen LogP contribution in [-0.4, -0.2) is 19.6 Å². The van der Waals surface area contributed by atoms with Crippen molar-refractivity contribution in [2.24, 2.45) is 4.99 Å². The van der Waals surface area contributed by atoms with Crippen LogP contribution in [0.1, 0.15) is 16.7 Å². The van der Waals surface area contributed by atoms with Crippen molar-refractivity contribution in [3.05, 3.63) is 77.9 Å². The molecule has 128 valence electrons. The van der Waals surface area contributed by atoms with Gasteiger partial charge in [0.1, 0.15) is 12.4 Å². The normalized spacial score (nSPS) is 10.6. The Hall–Kier alpha value is -3.26. The van der Waals surface area contributed by atoms with E-state index in [0.717, 1.165) is 16.9 Å². The van der Waals surface area contributed by atoms with E-state index < -0.39 is 0 Å². The fraction of sp³-hybridized carbons (Fsp3) is 0.200. The standard InChI is InChI=1S/C20H22N4O/c1-3-11-25-19-10-5-4-9-18(19)15-24-20(22-2)23-14-17-8-6-7-16(12-17)13-21/h3-10,12H,1,11,14-15H2,2H3,(H2,22,23,24). The Morgan fingerprint density at radius 1 is 1.20 bits per heavy atom. The topological polar surface area (TPSA) is 69.4 Å². The third-order valence-electron chi connectivity index (χ3n) is 3.52. The number of hydrogen-bond acceptors (Lipinski definition) is 3. The van der Waals surface area contributed by atoms with Gasteiger partial charge in [-0.3, -0.25) is 4.99 Å².